The number of aromatic nitrogens is 2. The molecule has 2 heterocycles. The zero-order valence-corrected chi connectivity index (χ0v) is 9.26. The van der Waals surface area contributed by atoms with Crippen LogP contribution in [0, 0.1) is 0 Å². The number of carbonyl (C=O) groups is 1. The summed E-state index contributed by atoms with van der Waals surface area (Å²) >= 11 is 0. The van der Waals surface area contributed by atoms with Gasteiger partial charge in [-0.05, 0) is 13.3 Å². The van der Waals surface area contributed by atoms with Crippen LogP contribution in [0.25, 0.3) is 0 Å². The molecule has 0 aromatic carbocycles. The molecule has 6 nitrogen and oxygen atoms in total. The first kappa shape index (κ1) is 10.9. The van der Waals surface area contributed by atoms with E-state index in [-0.39, 0.29) is 5.91 Å². The average molecular weight is 224 g/mol. The first-order valence-corrected chi connectivity index (χ1v) is 5.42. The number of aliphatic hydroxyl groups is 1. The molecule has 1 aliphatic rings. The number of carbonyl (C=O) groups excluding carboxylic acids is 1. The average Bonchev–Trinajstić information content (AvgIpc) is 2.83. The van der Waals surface area contributed by atoms with Crippen molar-refractivity contribution in [1.29, 1.82) is 0 Å². The highest BCUT2D eigenvalue weighted by atomic mass is 16.3. The summed E-state index contributed by atoms with van der Waals surface area (Å²) in [6.45, 7) is 3.47. The highest BCUT2D eigenvalue weighted by Gasteiger charge is 2.28. The fourth-order valence-corrected chi connectivity index (χ4v) is 1.95. The topological polar surface area (TPSA) is 84.4 Å². The van der Waals surface area contributed by atoms with Crippen LogP contribution in [0.5, 0.6) is 0 Å². The van der Waals surface area contributed by atoms with Gasteiger partial charge in [0.05, 0.1) is 18.0 Å². The number of amides is 1. The number of β-amino-alcohol motifs (C(OH)–C–C–N with tert-alkyl or cyclic N) is 1. The second-order valence-corrected chi connectivity index (χ2v) is 3.96. The Balaban J connectivity index is 2.23. The quantitative estimate of drug-likeness (QED) is 0.721. The van der Waals surface area contributed by atoms with E-state index in [1.807, 2.05) is 6.92 Å². The smallest absolute Gasteiger partial charge is 0.274 e. The third kappa shape index (κ3) is 1.76. The van der Waals surface area contributed by atoms with Gasteiger partial charge in [0.15, 0.2) is 0 Å². The van der Waals surface area contributed by atoms with Crippen molar-refractivity contribution in [2.24, 2.45) is 0 Å². The lowest BCUT2D eigenvalue weighted by molar-refractivity contribution is 0.0754. The van der Waals surface area contributed by atoms with Crippen LogP contribution >= 0.6 is 0 Å². The number of rotatable bonds is 2. The number of aryl methyl sites for hydroxylation is 1. The maximum atomic E-state index is 12.1. The van der Waals surface area contributed by atoms with E-state index in [0.717, 1.165) is 0 Å². The molecule has 1 saturated heterocycles. The normalized spacial score (nSPS) is 20.4. The molecule has 88 valence electrons. The Labute approximate surface area is 93.6 Å². The minimum atomic E-state index is -0.414. The van der Waals surface area contributed by atoms with Gasteiger partial charge in [-0.1, -0.05) is 0 Å². The van der Waals surface area contributed by atoms with Crippen molar-refractivity contribution in [3.05, 3.63) is 11.9 Å². The number of nitrogen functional groups attached to an aromatic ring is 1. The first-order valence-electron chi connectivity index (χ1n) is 5.42. The summed E-state index contributed by atoms with van der Waals surface area (Å²) < 4.78 is 1.59. The van der Waals surface area contributed by atoms with Gasteiger partial charge in [0.25, 0.3) is 5.91 Å². The summed E-state index contributed by atoms with van der Waals surface area (Å²) in [7, 11) is 0. The molecule has 1 amide bonds. The van der Waals surface area contributed by atoms with Crippen molar-refractivity contribution in [1.82, 2.24) is 14.7 Å². The van der Waals surface area contributed by atoms with Crippen molar-refractivity contribution < 1.29 is 9.90 Å². The van der Waals surface area contributed by atoms with Crippen LogP contribution in [0.3, 0.4) is 0 Å². The molecule has 1 aromatic heterocycles. The molecule has 0 aliphatic carbocycles. The molecule has 1 aliphatic heterocycles. The Morgan fingerprint density at radius 2 is 2.50 bits per heavy atom. The minimum Gasteiger partial charge on any atom is -0.396 e. The molecule has 6 heteroatoms. The lowest BCUT2D eigenvalue weighted by Gasteiger charge is -2.16. The molecule has 0 bridgehead atoms. The van der Waals surface area contributed by atoms with Crippen molar-refractivity contribution >= 4 is 11.6 Å². The van der Waals surface area contributed by atoms with E-state index in [1.165, 1.54) is 6.20 Å². The van der Waals surface area contributed by atoms with Crippen molar-refractivity contribution in [3.63, 3.8) is 0 Å². The summed E-state index contributed by atoms with van der Waals surface area (Å²) in [4.78, 5) is 13.7. The zero-order chi connectivity index (χ0) is 11.7. The van der Waals surface area contributed by atoms with Gasteiger partial charge in [-0.25, -0.2) is 0 Å². The molecular formula is C10H16N4O2. The van der Waals surface area contributed by atoms with Gasteiger partial charge in [0.2, 0.25) is 0 Å². The van der Waals surface area contributed by atoms with E-state index in [4.69, 9.17) is 5.73 Å². The number of nitrogens with zero attached hydrogens (tertiary/aromatic N) is 3. The second kappa shape index (κ2) is 4.13. The zero-order valence-electron chi connectivity index (χ0n) is 9.26. The number of nitrogens with two attached hydrogens (primary N) is 1. The fourth-order valence-electron chi connectivity index (χ4n) is 1.95. The third-order valence-corrected chi connectivity index (χ3v) is 2.82. The molecule has 1 atom stereocenters. The monoisotopic (exact) mass is 224 g/mol. The van der Waals surface area contributed by atoms with Crippen LogP contribution in [0.4, 0.5) is 5.69 Å². The predicted octanol–water partition coefficient (Wildman–Crippen LogP) is -0.308. The van der Waals surface area contributed by atoms with Crippen LogP contribution in [-0.4, -0.2) is 44.9 Å². The maximum absolute atomic E-state index is 12.1. The Morgan fingerprint density at radius 3 is 3.06 bits per heavy atom. The fraction of sp³-hybridized carbons (Fsp3) is 0.600. The van der Waals surface area contributed by atoms with E-state index in [1.54, 1.807) is 9.58 Å². The van der Waals surface area contributed by atoms with Gasteiger partial charge in [-0.2, -0.15) is 5.10 Å². The van der Waals surface area contributed by atoms with Crippen molar-refractivity contribution in [2.45, 2.75) is 26.0 Å². The van der Waals surface area contributed by atoms with Gasteiger partial charge in [-0.15, -0.1) is 0 Å². The van der Waals surface area contributed by atoms with Gasteiger partial charge < -0.3 is 15.7 Å². The molecule has 0 spiro atoms. The minimum absolute atomic E-state index is 0.145. The predicted molar refractivity (Wildman–Crippen MR) is 58.8 cm³/mol. The van der Waals surface area contributed by atoms with Gasteiger partial charge in [-0.3, -0.25) is 9.48 Å². The van der Waals surface area contributed by atoms with Crippen molar-refractivity contribution in [2.75, 3.05) is 18.8 Å². The summed E-state index contributed by atoms with van der Waals surface area (Å²) in [6, 6.07) is 0. The second-order valence-electron chi connectivity index (χ2n) is 3.96. The largest absolute Gasteiger partial charge is 0.396 e. The lowest BCUT2D eigenvalue weighted by atomic mass is 10.3. The molecule has 1 aromatic rings. The number of anilines is 1. The summed E-state index contributed by atoms with van der Waals surface area (Å²) in [5.41, 5.74) is 6.55. The molecular weight excluding hydrogens is 208 g/mol. The summed E-state index contributed by atoms with van der Waals surface area (Å²) in [6.07, 6.45) is 1.71. The molecule has 2 rings (SSSR count). The van der Waals surface area contributed by atoms with Crippen LogP contribution < -0.4 is 5.73 Å². The van der Waals surface area contributed by atoms with Crippen LogP contribution in [-0.2, 0) is 6.54 Å². The van der Waals surface area contributed by atoms with E-state index in [9.17, 15) is 9.90 Å². The molecule has 3 N–H and O–H groups in total. The Bertz CT molecular complexity index is 402. The van der Waals surface area contributed by atoms with E-state index in [2.05, 4.69) is 5.10 Å². The van der Waals surface area contributed by atoms with Gasteiger partial charge in [0, 0.05) is 19.6 Å². The SMILES string of the molecule is CCn1ncc(N)c1C(=O)N1CCC(O)C1. The van der Waals surface area contributed by atoms with Crippen molar-refractivity contribution in [3.8, 4) is 0 Å². The standard InChI is InChI=1S/C10H16N4O2/c1-2-14-9(8(11)5-12-14)10(16)13-4-3-7(15)6-13/h5,7,15H,2-4,6,11H2,1H3. The Morgan fingerprint density at radius 1 is 1.75 bits per heavy atom. The Hall–Kier alpha value is -1.56. The molecule has 0 saturated carbocycles. The number of likely N-dealkylation sites (tertiary alicyclic amines) is 1. The first-order chi connectivity index (χ1) is 7.63. The van der Waals surface area contributed by atoms with E-state index < -0.39 is 6.10 Å². The highest BCUT2D eigenvalue weighted by molar-refractivity contribution is 5.97. The van der Waals surface area contributed by atoms with E-state index >= 15 is 0 Å². The maximum Gasteiger partial charge on any atom is 0.274 e. The number of hydrogen-bond acceptors (Lipinski definition) is 4. The molecule has 1 unspecified atom stereocenters. The van der Waals surface area contributed by atoms with Crippen LogP contribution in [0.2, 0.25) is 0 Å². The summed E-state index contributed by atoms with van der Waals surface area (Å²) in [5.74, 6) is -0.145. The van der Waals surface area contributed by atoms with Gasteiger partial charge >= 0.3 is 0 Å². The Kier molecular flexibility index (Phi) is 2.82. The van der Waals surface area contributed by atoms with E-state index in [0.29, 0.717) is 37.4 Å². The highest BCUT2D eigenvalue weighted by Crippen LogP contribution is 2.17. The molecule has 0 radical (unpaired) electrons. The lowest BCUT2D eigenvalue weighted by Crippen LogP contribution is -2.32. The van der Waals surface area contributed by atoms with Gasteiger partial charge in [0.1, 0.15) is 5.69 Å². The third-order valence-electron chi connectivity index (χ3n) is 2.82. The molecule has 1 fully saturated rings. The summed E-state index contributed by atoms with van der Waals surface area (Å²) in [5, 5.41) is 13.4. The van der Waals surface area contributed by atoms with Crippen LogP contribution in [0.15, 0.2) is 6.20 Å². The number of hydrogen-bond donors (Lipinski definition) is 2. The van der Waals surface area contributed by atoms with Crippen LogP contribution in [0.1, 0.15) is 23.8 Å². The molecule has 16 heavy (non-hydrogen) atoms. The number of aliphatic hydroxyl groups excluding tert-OH is 1.